The van der Waals surface area contributed by atoms with Crippen LogP contribution in [0.5, 0.6) is 0 Å². The number of benzene rings is 2. The SMILES string of the molecule is OC1(c2cccc3[nH]ncc23)C2CCCC1CN(Cc1ccccc1)C2. The first-order chi connectivity index (χ1) is 12.7. The van der Waals surface area contributed by atoms with Gasteiger partial charge in [0.05, 0.1) is 17.3 Å². The van der Waals surface area contributed by atoms with Gasteiger partial charge in [0.1, 0.15) is 0 Å². The van der Waals surface area contributed by atoms with Crippen molar-refractivity contribution in [3.63, 3.8) is 0 Å². The van der Waals surface area contributed by atoms with E-state index in [0.29, 0.717) is 0 Å². The van der Waals surface area contributed by atoms with Crippen LogP contribution in [-0.2, 0) is 12.1 Å². The number of hydrogen-bond acceptors (Lipinski definition) is 3. The lowest BCUT2D eigenvalue weighted by Crippen LogP contribution is -2.57. The molecule has 1 saturated heterocycles. The topological polar surface area (TPSA) is 52.1 Å². The van der Waals surface area contributed by atoms with Crippen LogP contribution in [0.1, 0.15) is 30.4 Å². The van der Waals surface area contributed by atoms with Crippen LogP contribution in [0.3, 0.4) is 0 Å². The van der Waals surface area contributed by atoms with Crippen molar-refractivity contribution in [2.75, 3.05) is 13.1 Å². The Morgan fingerprint density at radius 3 is 2.58 bits per heavy atom. The van der Waals surface area contributed by atoms with Gasteiger partial charge in [-0.2, -0.15) is 5.10 Å². The minimum Gasteiger partial charge on any atom is -0.384 e. The number of aromatic nitrogens is 2. The van der Waals surface area contributed by atoms with Crippen molar-refractivity contribution in [2.45, 2.75) is 31.4 Å². The van der Waals surface area contributed by atoms with E-state index in [4.69, 9.17) is 0 Å². The molecule has 4 heteroatoms. The number of aromatic amines is 1. The van der Waals surface area contributed by atoms with Crippen molar-refractivity contribution in [1.29, 1.82) is 0 Å². The standard InChI is InChI=1S/C22H25N3O/c26-22(20-10-5-11-21-19(20)12-23-24-21)17-8-4-9-18(22)15-25(14-17)13-16-6-2-1-3-7-16/h1-3,5-7,10-12,17-18,26H,4,8-9,13-15H2,(H,23,24). The maximum Gasteiger partial charge on any atom is 0.0984 e. The zero-order chi connectivity index (χ0) is 17.6. The Labute approximate surface area is 153 Å². The highest BCUT2D eigenvalue weighted by molar-refractivity contribution is 5.82. The van der Waals surface area contributed by atoms with Crippen molar-refractivity contribution >= 4 is 10.9 Å². The van der Waals surface area contributed by atoms with Gasteiger partial charge in [0.15, 0.2) is 0 Å². The monoisotopic (exact) mass is 347 g/mol. The molecule has 2 N–H and O–H groups in total. The fraction of sp³-hybridized carbons (Fsp3) is 0.409. The molecule has 134 valence electrons. The Bertz CT molecular complexity index is 890. The van der Waals surface area contributed by atoms with E-state index in [1.807, 2.05) is 18.3 Å². The number of fused-ring (bicyclic) bond motifs is 3. The summed E-state index contributed by atoms with van der Waals surface area (Å²) in [6.45, 7) is 2.88. The molecule has 1 aromatic heterocycles. The van der Waals surface area contributed by atoms with Gasteiger partial charge in [-0.05, 0) is 30.0 Å². The van der Waals surface area contributed by atoms with Crippen LogP contribution in [0, 0.1) is 11.8 Å². The number of nitrogens with zero attached hydrogens (tertiary/aromatic N) is 2. The Kier molecular flexibility index (Phi) is 3.84. The predicted octanol–water partition coefficient (Wildman–Crippen LogP) is 3.68. The highest BCUT2D eigenvalue weighted by atomic mass is 16.3. The molecule has 5 rings (SSSR count). The Morgan fingerprint density at radius 2 is 1.81 bits per heavy atom. The van der Waals surface area contributed by atoms with Gasteiger partial charge in [0, 0.05) is 36.9 Å². The lowest BCUT2D eigenvalue weighted by atomic mass is 9.62. The van der Waals surface area contributed by atoms with Crippen molar-refractivity contribution in [2.24, 2.45) is 11.8 Å². The van der Waals surface area contributed by atoms with Crippen LogP contribution in [0.4, 0.5) is 0 Å². The third-order valence-electron chi connectivity index (χ3n) is 6.47. The third kappa shape index (κ3) is 2.48. The van der Waals surface area contributed by atoms with E-state index >= 15 is 0 Å². The Hall–Kier alpha value is -2.17. The van der Waals surface area contributed by atoms with Gasteiger partial charge in [-0.25, -0.2) is 0 Å². The first kappa shape index (κ1) is 16.0. The van der Waals surface area contributed by atoms with Crippen LogP contribution in [0.25, 0.3) is 10.9 Å². The van der Waals surface area contributed by atoms with E-state index in [9.17, 15) is 5.11 Å². The molecule has 4 nitrogen and oxygen atoms in total. The molecule has 26 heavy (non-hydrogen) atoms. The van der Waals surface area contributed by atoms with Gasteiger partial charge in [-0.3, -0.25) is 10.00 Å². The van der Waals surface area contributed by atoms with E-state index in [2.05, 4.69) is 51.5 Å². The fourth-order valence-electron chi connectivity index (χ4n) is 5.27. The van der Waals surface area contributed by atoms with E-state index in [1.165, 1.54) is 12.0 Å². The normalized spacial score (nSPS) is 29.1. The van der Waals surface area contributed by atoms with Crippen molar-refractivity contribution in [1.82, 2.24) is 15.1 Å². The number of likely N-dealkylation sites (tertiary alicyclic amines) is 1. The highest BCUT2D eigenvalue weighted by Crippen LogP contribution is 2.50. The number of hydrogen-bond donors (Lipinski definition) is 2. The largest absolute Gasteiger partial charge is 0.384 e. The second kappa shape index (κ2) is 6.22. The van der Waals surface area contributed by atoms with Crippen LogP contribution in [-0.4, -0.2) is 33.3 Å². The zero-order valence-corrected chi connectivity index (χ0v) is 14.9. The van der Waals surface area contributed by atoms with Gasteiger partial charge >= 0.3 is 0 Å². The molecular formula is C22H25N3O. The first-order valence-electron chi connectivity index (χ1n) is 9.66. The molecule has 0 spiro atoms. The average molecular weight is 347 g/mol. The summed E-state index contributed by atoms with van der Waals surface area (Å²) < 4.78 is 0. The minimum absolute atomic E-state index is 0.277. The van der Waals surface area contributed by atoms with E-state index in [0.717, 1.165) is 48.9 Å². The highest BCUT2D eigenvalue weighted by Gasteiger charge is 2.52. The fourth-order valence-corrected chi connectivity index (χ4v) is 5.27. The summed E-state index contributed by atoms with van der Waals surface area (Å²) in [6.07, 6.45) is 5.27. The number of nitrogens with one attached hydrogen (secondary N) is 1. The van der Waals surface area contributed by atoms with Gasteiger partial charge in [0.2, 0.25) is 0 Å². The van der Waals surface area contributed by atoms with Crippen LogP contribution < -0.4 is 0 Å². The van der Waals surface area contributed by atoms with Gasteiger partial charge in [0.25, 0.3) is 0 Å². The molecule has 0 amide bonds. The van der Waals surface area contributed by atoms with E-state index in [1.54, 1.807) is 0 Å². The van der Waals surface area contributed by atoms with Crippen LogP contribution >= 0.6 is 0 Å². The molecule has 1 saturated carbocycles. The molecule has 2 atom stereocenters. The zero-order valence-electron chi connectivity index (χ0n) is 14.9. The second-order valence-corrected chi connectivity index (χ2v) is 7.97. The molecule has 2 bridgehead atoms. The maximum atomic E-state index is 12.0. The number of aliphatic hydroxyl groups is 1. The summed E-state index contributed by atoms with van der Waals surface area (Å²) in [5, 5.41) is 20.3. The van der Waals surface area contributed by atoms with Crippen LogP contribution in [0.2, 0.25) is 0 Å². The summed E-state index contributed by atoms with van der Waals surface area (Å²) in [7, 11) is 0. The first-order valence-corrected chi connectivity index (χ1v) is 9.66. The molecule has 2 fully saturated rings. The molecule has 2 aromatic carbocycles. The quantitative estimate of drug-likeness (QED) is 0.760. The summed E-state index contributed by atoms with van der Waals surface area (Å²) in [5.74, 6) is 0.554. The molecule has 1 aliphatic carbocycles. The average Bonchev–Trinajstić information content (AvgIpc) is 3.12. The second-order valence-electron chi connectivity index (χ2n) is 7.97. The summed E-state index contributed by atoms with van der Waals surface area (Å²) in [4.78, 5) is 2.54. The van der Waals surface area contributed by atoms with E-state index < -0.39 is 5.60 Å². The van der Waals surface area contributed by atoms with Crippen LogP contribution in [0.15, 0.2) is 54.7 Å². The predicted molar refractivity (Wildman–Crippen MR) is 103 cm³/mol. The van der Waals surface area contributed by atoms with Crippen molar-refractivity contribution < 1.29 is 5.11 Å². The lowest BCUT2D eigenvalue weighted by molar-refractivity contribution is -0.147. The molecule has 1 aliphatic heterocycles. The third-order valence-corrected chi connectivity index (χ3v) is 6.47. The lowest BCUT2D eigenvalue weighted by Gasteiger charge is -2.53. The number of piperidine rings is 1. The maximum absolute atomic E-state index is 12.0. The van der Waals surface area contributed by atoms with E-state index in [-0.39, 0.29) is 11.8 Å². The molecule has 0 radical (unpaired) electrons. The summed E-state index contributed by atoms with van der Waals surface area (Å²) >= 11 is 0. The summed E-state index contributed by atoms with van der Waals surface area (Å²) in [5.41, 5.74) is 2.70. The molecule has 2 unspecified atom stereocenters. The van der Waals surface area contributed by atoms with Gasteiger partial charge in [-0.1, -0.05) is 48.9 Å². The van der Waals surface area contributed by atoms with Crippen molar-refractivity contribution in [3.8, 4) is 0 Å². The number of rotatable bonds is 3. The number of H-pyrrole nitrogens is 1. The Balaban J connectivity index is 1.48. The summed E-state index contributed by atoms with van der Waals surface area (Å²) in [6, 6.07) is 16.9. The van der Waals surface area contributed by atoms with Gasteiger partial charge in [-0.15, -0.1) is 0 Å². The Morgan fingerprint density at radius 1 is 1.04 bits per heavy atom. The van der Waals surface area contributed by atoms with Gasteiger partial charge < -0.3 is 5.11 Å². The van der Waals surface area contributed by atoms with Crippen molar-refractivity contribution in [3.05, 3.63) is 65.9 Å². The molecule has 2 heterocycles. The smallest absolute Gasteiger partial charge is 0.0984 e. The molecule has 3 aromatic rings. The molecular weight excluding hydrogens is 322 g/mol. The molecule has 2 aliphatic rings. The minimum atomic E-state index is -0.741.